The van der Waals surface area contributed by atoms with Gasteiger partial charge in [-0.15, -0.1) is 0 Å². The van der Waals surface area contributed by atoms with Crippen molar-refractivity contribution in [1.29, 1.82) is 0 Å². The number of benzene rings is 2. The molecule has 140 valence electrons. The molecule has 6 heteroatoms. The van der Waals surface area contributed by atoms with Gasteiger partial charge in [0.1, 0.15) is 5.75 Å². The van der Waals surface area contributed by atoms with Gasteiger partial charge in [0, 0.05) is 12.1 Å². The Balaban J connectivity index is 2.09. The van der Waals surface area contributed by atoms with Gasteiger partial charge >= 0.3 is 6.61 Å². The first-order valence-corrected chi connectivity index (χ1v) is 8.67. The molecule has 1 unspecified atom stereocenters. The van der Waals surface area contributed by atoms with Crippen LogP contribution in [0.1, 0.15) is 35.8 Å². The summed E-state index contributed by atoms with van der Waals surface area (Å²) in [5.41, 5.74) is 1.40. The van der Waals surface area contributed by atoms with Crippen LogP contribution in [0.4, 0.5) is 8.78 Å². The van der Waals surface area contributed by atoms with Crippen LogP contribution in [0.15, 0.2) is 54.6 Å². The molecule has 0 fully saturated rings. The summed E-state index contributed by atoms with van der Waals surface area (Å²) in [6.45, 7) is 3.36. The fourth-order valence-electron chi connectivity index (χ4n) is 2.90. The van der Waals surface area contributed by atoms with E-state index in [9.17, 15) is 13.6 Å². The fourth-order valence-corrected chi connectivity index (χ4v) is 2.90. The maximum absolute atomic E-state index is 12.4. The topological polar surface area (TPSA) is 41.6 Å². The van der Waals surface area contributed by atoms with Crippen molar-refractivity contribution < 1.29 is 18.3 Å². The molecule has 2 rings (SSSR count). The molecule has 0 aliphatic heterocycles. The number of halogens is 2. The van der Waals surface area contributed by atoms with E-state index in [2.05, 4.69) is 28.8 Å². The van der Waals surface area contributed by atoms with Gasteiger partial charge in [0.25, 0.3) is 5.91 Å². The average molecular weight is 362 g/mol. The Morgan fingerprint density at radius 1 is 1.08 bits per heavy atom. The van der Waals surface area contributed by atoms with Crippen LogP contribution in [0.3, 0.4) is 0 Å². The molecule has 0 aliphatic carbocycles. The maximum atomic E-state index is 12.4. The highest BCUT2D eigenvalue weighted by molar-refractivity contribution is 5.94. The van der Waals surface area contributed by atoms with Gasteiger partial charge in [-0.05, 0) is 36.9 Å². The molecule has 26 heavy (non-hydrogen) atoms. The fraction of sp³-hybridized carbons (Fsp3) is 0.350. The summed E-state index contributed by atoms with van der Waals surface area (Å²) in [4.78, 5) is 14.7. The van der Waals surface area contributed by atoms with E-state index in [1.54, 1.807) is 6.07 Å². The van der Waals surface area contributed by atoms with Crippen molar-refractivity contribution in [3.05, 3.63) is 65.7 Å². The van der Waals surface area contributed by atoms with Crippen molar-refractivity contribution in [3.8, 4) is 5.75 Å². The maximum Gasteiger partial charge on any atom is 0.387 e. The summed E-state index contributed by atoms with van der Waals surface area (Å²) in [6.07, 6.45) is 0. The number of ether oxygens (including phenoxy) is 1. The minimum atomic E-state index is -2.92. The minimum Gasteiger partial charge on any atom is -0.435 e. The Morgan fingerprint density at radius 3 is 2.38 bits per heavy atom. The number of carbonyl (C=O) groups is 1. The van der Waals surface area contributed by atoms with Crippen molar-refractivity contribution in [2.24, 2.45) is 0 Å². The van der Waals surface area contributed by atoms with Gasteiger partial charge in [0.15, 0.2) is 0 Å². The zero-order valence-electron chi connectivity index (χ0n) is 15.0. The third-order valence-electron chi connectivity index (χ3n) is 4.21. The third kappa shape index (κ3) is 5.52. The molecule has 0 radical (unpaired) electrons. The van der Waals surface area contributed by atoms with Crippen LogP contribution < -0.4 is 10.1 Å². The van der Waals surface area contributed by atoms with Gasteiger partial charge in [-0.3, -0.25) is 9.69 Å². The lowest BCUT2D eigenvalue weighted by Gasteiger charge is -2.30. The molecule has 0 spiro atoms. The number of amides is 1. The molecule has 0 saturated carbocycles. The van der Waals surface area contributed by atoms with Crippen molar-refractivity contribution in [2.75, 3.05) is 19.6 Å². The number of alkyl halides is 2. The lowest BCUT2D eigenvalue weighted by atomic mass is 10.0. The molecule has 1 N–H and O–H groups in total. The van der Waals surface area contributed by atoms with Crippen molar-refractivity contribution in [3.63, 3.8) is 0 Å². The summed E-state index contributed by atoms with van der Waals surface area (Å²) < 4.78 is 29.0. The predicted octanol–water partition coefficient (Wildman–Crippen LogP) is 4.10. The largest absolute Gasteiger partial charge is 0.435 e. The molecule has 4 nitrogen and oxygen atoms in total. The minimum absolute atomic E-state index is 0.0315. The summed E-state index contributed by atoms with van der Waals surface area (Å²) in [5, 5.41) is 2.90. The van der Waals surface area contributed by atoms with E-state index in [0.717, 1.165) is 18.7 Å². The highest BCUT2D eigenvalue weighted by Gasteiger charge is 2.19. The van der Waals surface area contributed by atoms with E-state index in [1.807, 2.05) is 30.3 Å². The first-order valence-electron chi connectivity index (χ1n) is 8.67. The Morgan fingerprint density at radius 2 is 1.77 bits per heavy atom. The van der Waals surface area contributed by atoms with Gasteiger partial charge in [0.2, 0.25) is 0 Å². The van der Waals surface area contributed by atoms with Gasteiger partial charge in [-0.1, -0.05) is 50.2 Å². The second-order valence-electron chi connectivity index (χ2n) is 5.76. The van der Waals surface area contributed by atoms with Gasteiger partial charge in [0.05, 0.1) is 6.04 Å². The van der Waals surface area contributed by atoms with Crippen molar-refractivity contribution in [1.82, 2.24) is 10.2 Å². The molecule has 2 aromatic rings. The number of nitrogens with zero attached hydrogens (tertiary/aromatic N) is 1. The van der Waals surface area contributed by atoms with E-state index in [1.165, 1.54) is 18.2 Å². The van der Waals surface area contributed by atoms with Crippen LogP contribution >= 0.6 is 0 Å². The van der Waals surface area contributed by atoms with E-state index < -0.39 is 6.61 Å². The van der Waals surface area contributed by atoms with Gasteiger partial charge in [-0.2, -0.15) is 8.78 Å². The molecule has 2 aromatic carbocycles. The normalized spacial score (nSPS) is 12.2. The van der Waals surface area contributed by atoms with Crippen LogP contribution in [0.5, 0.6) is 5.75 Å². The van der Waals surface area contributed by atoms with Crippen molar-refractivity contribution >= 4 is 5.91 Å². The zero-order valence-corrected chi connectivity index (χ0v) is 15.0. The van der Waals surface area contributed by atoms with E-state index in [-0.39, 0.29) is 23.3 Å². The smallest absolute Gasteiger partial charge is 0.387 e. The van der Waals surface area contributed by atoms with Gasteiger partial charge in [-0.25, -0.2) is 0 Å². The Labute approximate surface area is 152 Å². The molecule has 1 atom stereocenters. The quantitative estimate of drug-likeness (QED) is 0.730. The molecule has 0 bridgehead atoms. The lowest BCUT2D eigenvalue weighted by molar-refractivity contribution is -0.0498. The second-order valence-corrected chi connectivity index (χ2v) is 5.76. The van der Waals surface area contributed by atoms with Crippen LogP contribution in [0.25, 0.3) is 0 Å². The summed E-state index contributed by atoms with van der Waals surface area (Å²) >= 11 is 0. The first kappa shape index (κ1) is 19.8. The lowest BCUT2D eigenvalue weighted by Crippen LogP contribution is -2.38. The summed E-state index contributed by atoms with van der Waals surface area (Å²) in [7, 11) is 0. The Kier molecular flexibility index (Phi) is 7.53. The van der Waals surface area contributed by atoms with Crippen LogP contribution in [0.2, 0.25) is 0 Å². The number of likely N-dealkylation sites (N-methyl/N-ethyl adjacent to an activating group) is 1. The number of hydrogen-bond donors (Lipinski definition) is 1. The van der Waals surface area contributed by atoms with Crippen molar-refractivity contribution in [2.45, 2.75) is 26.5 Å². The molecule has 1 amide bonds. The van der Waals surface area contributed by atoms with E-state index >= 15 is 0 Å². The number of hydrogen-bond acceptors (Lipinski definition) is 3. The molecular formula is C20H24F2N2O2. The second kappa shape index (κ2) is 9.87. The van der Waals surface area contributed by atoms with Gasteiger partial charge < -0.3 is 10.1 Å². The van der Waals surface area contributed by atoms with E-state index in [4.69, 9.17) is 0 Å². The summed E-state index contributed by atoms with van der Waals surface area (Å²) in [5.74, 6) is -0.353. The average Bonchev–Trinajstić information content (AvgIpc) is 2.65. The Hall–Kier alpha value is -2.47. The third-order valence-corrected chi connectivity index (χ3v) is 4.21. The van der Waals surface area contributed by atoms with Crippen LogP contribution in [-0.4, -0.2) is 37.1 Å². The van der Waals surface area contributed by atoms with Crippen LogP contribution in [-0.2, 0) is 0 Å². The predicted molar refractivity (Wildman–Crippen MR) is 97.5 cm³/mol. The molecule has 0 aromatic heterocycles. The standard InChI is InChI=1S/C20H24F2N2O2/c1-3-24(4-2)18(15-9-6-5-7-10-15)14-23-19(25)16-11-8-12-17(13-16)26-20(21)22/h5-13,18,20H,3-4,14H2,1-2H3,(H,23,25). The molecule has 0 heterocycles. The monoisotopic (exact) mass is 362 g/mol. The zero-order chi connectivity index (χ0) is 18.9. The SMILES string of the molecule is CCN(CC)C(CNC(=O)c1cccc(OC(F)F)c1)c1ccccc1. The molecular weight excluding hydrogens is 338 g/mol. The number of nitrogens with one attached hydrogen (secondary N) is 1. The van der Waals surface area contributed by atoms with Crippen LogP contribution in [0, 0.1) is 0 Å². The summed E-state index contributed by atoms with van der Waals surface area (Å²) in [6, 6.07) is 15.8. The first-order chi connectivity index (χ1) is 12.5. The highest BCUT2D eigenvalue weighted by atomic mass is 19.3. The van der Waals surface area contributed by atoms with E-state index in [0.29, 0.717) is 6.54 Å². The molecule has 0 saturated heterocycles. The highest BCUT2D eigenvalue weighted by Crippen LogP contribution is 2.20. The number of rotatable bonds is 9. The number of carbonyl (C=O) groups excluding carboxylic acids is 1. The Bertz CT molecular complexity index is 691. The molecule has 0 aliphatic rings.